The van der Waals surface area contributed by atoms with Crippen LogP contribution in [0.15, 0.2) is 48.5 Å². The molecule has 0 amide bonds. The van der Waals surface area contributed by atoms with E-state index in [4.69, 9.17) is 4.74 Å². The molecular formula is C18H20O4. The van der Waals surface area contributed by atoms with E-state index in [9.17, 15) is 15.3 Å². The van der Waals surface area contributed by atoms with Gasteiger partial charge in [0.05, 0.1) is 6.61 Å². The Balaban J connectivity index is 2.15. The Labute approximate surface area is 129 Å². The van der Waals surface area contributed by atoms with Crippen molar-refractivity contribution < 1.29 is 20.1 Å². The predicted octanol–water partition coefficient (Wildman–Crippen LogP) is 4.51. The van der Waals surface area contributed by atoms with Gasteiger partial charge in [-0.3, -0.25) is 0 Å². The largest absolute Gasteiger partial charge is 0.508 e. The third-order valence-electron chi connectivity index (χ3n) is 3.26. The lowest BCUT2D eigenvalue weighted by molar-refractivity contribution is 0.309. The second kappa shape index (κ2) is 7.41. The van der Waals surface area contributed by atoms with Gasteiger partial charge in [0.1, 0.15) is 11.5 Å². The molecule has 0 saturated heterocycles. The van der Waals surface area contributed by atoms with E-state index in [0.29, 0.717) is 17.7 Å². The van der Waals surface area contributed by atoms with Crippen LogP contribution in [-0.2, 0) is 0 Å². The van der Waals surface area contributed by atoms with Crippen LogP contribution in [0.2, 0.25) is 0 Å². The van der Waals surface area contributed by atoms with Crippen molar-refractivity contribution in [3.8, 4) is 11.5 Å². The van der Waals surface area contributed by atoms with Gasteiger partial charge >= 0.3 is 0 Å². The van der Waals surface area contributed by atoms with E-state index < -0.39 is 0 Å². The van der Waals surface area contributed by atoms with E-state index in [2.05, 4.69) is 6.92 Å². The molecule has 0 saturated carbocycles. The standard InChI is InChI=1S/C18H20O4/c1-2-3-12-22-16-10-6-14(7-11-16)18(21)17(20)13-4-8-15(19)9-5-13/h4-11,19-21H,2-3,12H2,1H3/b18-17+. The van der Waals surface area contributed by atoms with Crippen molar-refractivity contribution in [1.82, 2.24) is 0 Å². The van der Waals surface area contributed by atoms with Crippen LogP contribution in [-0.4, -0.2) is 21.9 Å². The minimum Gasteiger partial charge on any atom is -0.508 e. The molecule has 0 heterocycles. The van der Waals surface area contributed by atoms with Crippen LogP contribution in [0.4, 0.5) is 0 Å². The molecule has 4 heteroatoms. The van der Waals surface area contributed by atoms with Crippen molar-refractivity contribution in [3.63, 3.8) is 0 Å². The van der Waals surface area contributed by atoms with Crippen molar-refractivity contribution in [2.45, 2.75) is 19.8 Å². The molecule has 2 aromatic carbocycles. The molecule has 0 atom stereocenters. The summed E-state index contributed by atoms with van der Waals surface area (Å²) in [5.74, 6) is 0.379. The highest BCUT2D eigenvalue weighted by atomic mass is 16.5. The maximum Gasteiger partial charge on any atom is 0.165 e. The number of unbranched alkanes of at least 4 members (excludes halogenated alkanes) is 1. The summed E-state index contributed by atoms with van der Waals surface area (Å²) >= 11 is 0. The number of hydrogen-bond donors (Lipinski definition) is 3. The zero-order chi connectivity index (χ0) is 15.9. The molecular weight excluding hydrogens is 280 g/mol. The monoisotopic (exact) mass is 300 g/mol. The molecule has 2 aromatic rings. The summed E-state index contributed by atoms with van der Waals surface area (Å²) in [5.41, 5.74) is 0.923. The number of phenols is 1. The lowest BCUT2D eigenvalue weighted by Crippen LogP contribution is -1.96. The fraction of sp³-hybridized carbons (Fsp3) is 0.222. The number of aliphatic hydroxyl groups is 2. The SMILES string of the molecule is CCCCOc1ccc(/C(O)=C(\O)c2ccc(O)cc2)cc1. The average Bonchev–Trinajstić information content (AvgIpc) is 2.55. The second-order valence-electron chi connectivity index (χ2n) is 4.97. The molecule has 0 fully saturated rings. The third kappa shape index (κ3) is 3.95. The molecule has 0 aliphatic heterocycles. The first kappa shape index (κ1) is 15.8. The number of aliphatic hydroxyl groups excluding tert-OH is 2. The van der Waals surface area contributed by atoms with E-state index >= 15 is 0 Å². The summed E-state index contributed by atoms with van der Waals surface area (Å²) in [6.07, 6.45) is 2.07. The second-order valence-corrected chi connectivity index (χ2v) is 4.97. The highest BCUT2D eigenvalue weighted by Crippen LogP contribution is 2.25. The van der Waals surface area contributed by atoms with E-state index in [0.717, 1.165) is 18.6 Å². The van der Waals surface area contributed by atoms with Crippen LogP contribution in [0, 0.1) is 0 Å². The topological polar surface area (TPSA) is 69.9 Å². The van der Waals surface area contributed by atoms with Gasteiger partial charge in [-0.25, -0.2) is 0 Å². The first-order valence-corrected chi connectivity index (χ1v) is 7.26. The van der Waals surface area contributed by atoms with Crippen molar-refractivity contribution in [2.75, 3.05) is 6.61 Å². The van der Waals surface area contributed by atoms with Crippen molar-refractivity contribution in [2.24, 2.45) is 0 Å². The highest BCUT2D eigenvalue weighted by Gasteiger charge is 2.09. The summed E-state index contributed by atoms with van der Waals surface area (Å²) in [6, 6.07) is 12.8. The van der Waals surface area contributed by atoms with E-state index in [1.54, 1.807) is 24.3 Å². The maximum absolute atomic E-state index is 10.1. The minimum absolute atomic E-state index is 0.102. The first-order valence-electron chi connectivity index (χ1n) is 7.26. The smallest absolute Gasteiger partial charge is 0.165 e. The predicted molar refractivity (Wildman–Crippen MR) is 87.0 cm³/mol. The minimum atomic E-state index is -0.236. The normalized spacial score (nSPS) is 11.9. The number of rotatable bonds is 6. The molecule has 3 N–H and O–H groups in total. The lowest BCUT2D eigenvalue weighted by atomic mass is 10.1. The van der Waals surface area contributed by atoms with Crippen LogP contribution in [0.25, 0.3) is 11.5 Å². The average molecular weight is 300 g/mol. The van der Waals surface area contributed by atoms with Gasteiger partial charge in [0, 0.05) is 11.1 Å². The molecule has 116 valence electrons. The fourth-order valence-corrected chi connectivity index (χ4v) is 1.94. The quantitative estimate of drug-likeness (QED) is 0.417. The van der Waals surface area contributed by atoms with E-state index in [-0.39, 0.29) is 17.3 Å². The summed E-state index contributed by atoms with van der Waals surface area (Å²) in [4.78, 5) is 0. The van der Waals surface area contributed by atoms with Gasteiger partial charge in [-0.05, 0) is 55.0 Å². The molecule has 0 bridgehead atoms. The first-order chi connectivity index (χ1) is 10.6. The Bertz CT molecular complexity index is 627. The Morgan fingerprint density at radius 2 is 1.36 bits per heavy atom. The number of phenolic OH excluding ortho intramolecular Hbond substituents is 1. The molecule has 0 aliphatic rings. The van der Waals surface area contributed by atoms with Crippen molar-refractivity contribution in [1.29, 1.82) is 0 Å². The lowest BCUT2D eigenvalue weighted by Gasteiger charge is -2.08. The number of ether oxygens (including phenoxy) is 1. The molecule has 0 radical (unpaired) electrons. The highest BCUT2D eigenvalue weighted by molar-refractivity contribution is 5.82. The van der Waals surface area contributed by atoms with E-state index in [1.165, 1.54) is 24.3 Å². The molecule has 0 spiro atoms. The molecule has 0 unspecified atom stereocenters. The Kier molecular flexibility index (Phi) is 5.31. The van der Waals surface area contributed by atoms with Gasteiger partial charge in [0.2, 0.25) is 0 Å². The molecule has 0 aromatic heterocycles. The zero-order valence-corrected chi connectivity index (χ0v) is 12.5. The van der Waals surface area contributed by atoms with Gasteiger partial charge in [-0.1, -0.05) is 13.3 Å². The number of aromatic hydroxyl groups is 1. The number of hydrogen-bond acceptors (Lipinski definition) is 4. The molecule has 2 rings (SSSR count). The van der Waals surface area contributed by atoms with Gasteiger partial charge in [0.15, 0.2) is 11.5 Å². The molecule has 0 aliphatic carbocycles. The van der Waals surface area contributed by atoms with Crippen LogP contribution in [0.5, 0.6) is 11.5 Å². The zero-order valence-electron chi connectivity index (χ0n) is 12.5. The fourth-order valence-electron chi connectivity index (χ4n) is 1.94. The molecule has 4 nitrogen and oxygen atoms in total. The summed E-state index contributed by atoms with van der Waals surface area (Å²) < 4.78 is 5.55. The van der Waals surface area contributed by atoms with Crippen LogP contribution < -0.4 is 4.74 Å². The van der Waals surface area contributed by atoms with Crippen LogP contribution in [0.3, 0.4) is 0 Å². The third-order valence-corrected chi connectivity index (χ3v) is 3.26. The molecule has 22 heavy (non-hydrogen) atoms. The number of benzene rings is 2. The Hall–Kier alpha value is -2.62. The van der Waals surface area contributed by atoms with Crippen LogP contribution in [0.1, 0.15) is 30.9 Å². The maximum atomic E-state index is 10.1. The summed E-state index contributed by atoms with van der Waals surface area (Å²) in [6.45, 7) is 2.76. The van der Waals surface area contributed by atoms with Crippen LogP contribution >= 0.6 is 0 Å². The van der Waals surface area contributed by atoms with Gasteiger partial charge < -0.3 is 20.1 Å². The Morgan fingerprint density at radius 3 is 1.86 bits per heavy atom. The van der Waals surface area contributed by atoms with Gasteiger partial charge in [0.25, 0.3) is 0 Å². The van der Waals surface area contributed by atoms with Crippen molar-refractivity contribution in [3.05, 3.63) is 59.7 Å². The Morgan fingerprint density at radius 1 is 0.864 bits per heavy atom. The summed E-state index contributed by atoms with van der Waals surface area (Å²) in [5, 5.41) is 29.5. The van der Waals surface area contributed by atoms with Crippen molar-refractivity contribution >= 4 is 11.5 Å². The van der Waals surface area contributed by atoms with Gasteiger partial charge in [-0.15, -0.1) is 0 Å². The summed E-state index contributed by atoms with van der Waals surface area (Å²) in [7, 11) is 0. The van der Waals surface area contributed by atoms with Gasteiger partial charge in [-0.2, -0.15) is 0 Å². The van der Waals surface area contributed by atoms with E-state index in [1.807, 2.05) is 0 Å².